The minimum atomic E-state index is 0.477. The molecule has 16 heavy (non-hydrogen) atoms. The summed E-state index contributed by atoms with van der Waals surface area (Å²) < 4.78 is 4.01. The first-order chi connectivity index (χ1) is 7.74. The summed E-state index contributed by atoms with van der Waals surface area (Å²) in [6.45, 7) is 1.94. The minimum Gasteiger partial charge on any atom is -0.396 e. The number of hydrogen-bond acceptors (Lipinski definition) is 3. The highest BCUT2D eigenvalue weighted by Gasteiger charge is 2.32. The topological polar surface area (TPSA) is 61.7 Å². The van der Waals surface area contributed by atoms with Crippen LogP contribution in [0.4, 0.5) is 5.69 Å². The smallest absolute Gasteiger partial charge is 0.0823 e. The maximum absolute atomic E-state index is 5.79. The van der Waals surface area contributed by atoms with Crippen LogP contribution in [0.5, 0.6) is 0 Å². The molecule has 1 aliphatic rings. The molecule has 84 valence electrons. The Morgan fingerprint density at radius 1 is 1.31 bits per heavy atom. The van der Waals surface area contributed by atoms with E-state index < -0.39 is 0 Å². The first-order valence-electron chi connectivity index (χ1n) is 5.54. The highest BCUT2D eigenvalue weighted by molar-refractivity contribution is 5.39. The largest absolute Gasteiger partial charge is 0.396 e. The molecule has 3 rings (SSSR count). The molecule has 2 heterocycles. The van der Waals surface area contributed by atoms with E-state index in [1.165, 1.54) is 0 Å². The molecule has 1 saturated carbocycles. The molecule has 0 spiro atoms. The fraction of sp³-hybridized carbons (Fsp3) is 0.455. The van der Waals surface area contributed by atoms with E-state index in [1.807, 2.05) is 40.9 Å². The lowest BCUT2D eigenvalue weighted by Gasteiger charge is -2.35. The first-order valence-corrected chi connectivity index (χ1v) is 5.54. The number of aryl methyl sites for hydroxylation is 1. The van der Waals surface area contributed by atoms with Gasteiger partial charge in [0.25, 0.3) is 0 Å². The molecule has 0 amide bonds. The van der Waals surface area contributed by atoms with Gasteiger partial charge in [-0.05, 0) is 25.8 Å². The molecule has 0 saturated heterocycles. The summed E-state index contributed by atoms with van der Waals surface area (Å²) in [7, 11) is 0. The van der Waals surface area contributed by atoms with Crippen molar-refractivity contribution in [2.24, 2.45) is 0 Å². The van der Waals surface area contributed by atoms with Crippen LogP contribution in [-0.2, 0) is 0 Å². The first kappa shape index (κ1) is 9.45. The summed E-state index contributed by atoms with van der Waals surface area (Å²) in [5.41, 5.74) is 7.48. The fourth-order valence-corrected chi connectivity index (χ4v) is 2.17. The zero-order valence-corrected chi connectivity index (χ0v) is 9.24. The van der Waals surface area contributed by atoms with E-state index in [4.69, 9.17) is 5.73 Å². The third-order valence-corrected chi connectivity index (χ3v) is 3.32. The van der Waals surface area contributed by atoms with Crippen LogP contribution in [0.1, 0.15) is 30.6 Å². The number of aromatic nitrogens is 4. The second-order valence-electron chi connectivity index (χ2n) is 4.41. The van der Waals surface area contributed by atoms with Gasteiger partial charge in [0.2, 0.25) is 0 Å². The van der Waals surface area contributed by atoms with E-state index in [9.17, 15) is 0 Å². The van der Waals surface area contributed by atoms with E-state index in [0.29, 0.717) is 12.1 Å². The zero-order chi connectivity index (χ0) is 11.1. The monoisotopic (exact) mass is 217 g/mol. The van der Waals surface area contributed by atoms with E-state index >= 15 is 0 Å². The lowest BCUT2D eigenvalue weighted by atomic mass is 9.87. The number of nitrogen functional groups attached to an aromatic ring is 1. The highest BCUT2D eigenvalue weighted by atomic mass is 15.3. The molecular weight excluding hydrogens is 202 g/mol. The number of rotatable bonds is 2. The molecule has 0 aliphatic heterocycles. The summed E-state index contributed by atoms with van der Waals surface area (Å²) in [6, 6.07) is 2.96. The minimum absolute atomic E-state index is 0.477. The maximum Gasteiger partial charge on any atom is 0.0823 e. The van der Waals surface area contributed by atoms with Crippen LogP contribution >= 0.6 is 0 Å². The third-order valence-electron chi connectivity index (χ3n) is 3.32. The Balaban J connectivity index is 1.69. The van der Waals surface area contributed by atoms with Gasteiger partial charge in [-0.3, -0.25) is 9.36 Å². The molecule has 5 nitrogen and oxygen atoms in total. The fourth-order valence-electron chi connectivity index (χ4n) is 2.17. The Kier molecular flexibility index (Phi) is 1.99. The van der Waals surface area contributed by atoms with Crippen molar-refractivity contribution >= 4 is 5.69 Å². The molecule has 2 N–H and O–H groups in total. The summed E-state index contributed by atoms with van der Waals surface area (Å²) >= 11 is 0. The van der Waals surface area contributed by atoms with Gasteiger partial charge in [-0.25, -0.2) is 0 Å². The molecule has 1 fully saturated rings. The van der Waals surface area contributed by atoms with Crippen molar-refractivity contribution in [3.05, 3.63) is 30.4 Å². The highest BCUT2D eigenvalue weighted by Crippen LogP contribution is 2.40. The Morgan fingerprint density at radius 3 is 2.62 bits per heavy atom. The SMILES string of the molecule is Cc1nn([C@H]2C[C@@H](n3cccn3)C2)cc1N. The van der Waals surface area contributed by atoms with Crippen molar-refractivity contribution in [3.8, 4) is 0 Å². The summed E-state index contributed by atoms with van der Waals surface area (Å²) in [4.78, 5) is 0. The average molecular weight is 217 g/mol. The Bertz CT molecular complexity index is 459. The predicted octanol–water partition coefficient (Wildman–Crippen LogP) is 1.55. The normalized spacial score (nSPS) is 24.3. The van der Waals surface area contributed by atoms with E-state index in [2.05, 4.69) is 10.2 Å². The predicted molar refractivity (Wildman–Crippen MR) is 60.9 cm³/mol. The van der Waals surface area contributed by atoms with Crippen LogP contribution in [0, 0.1) is 6.92 Å². The van der Waals surface area contributed by atoms with Gasteiger partial charge < -0.3 is 5.73 Å². The van der Waals surface area contributed by atoms with E-state index in [-0.39, 0.29) is 0 Å². The van der Waals surface area contributed by atoms with Crippen LogP contribution < -0.4 is 5.73 Å². The second kappa shape index (κ2) is 3.37. The molecule has 0 bridgehead atoms. The molecule has 0 unspecified atom stereocenters. The Morgan fingerprint density at radius 2 is 2.06 bits per heavy atom. The molecule has 0 aromatic carbocycles. The molecule has 2 aromatic rings. The molecule has 2 aromatic heterocycles. The summed E-state index contributed by atoms with van der Waals surface area (Å²) in [6.07, 6.45) is 7.94. The summed E-state index contributed by atoms with van der Waals surface area (Å²) in [5.74, 6) is 0. The van der Waals surface area contributed by atoms with Crippen molar-refractivity contribution in [2.45, 2.75) is 31.8 Å². The molecule has 0 atom stereocenters. The van der Waals surface area contributed by atoms with Crippen molar-refractivity contribution in [1.82, 2.24) is 19.6 Å². The van der Waals surface area contributed by atoms with Gasteiger partial charge in [0.15, 0.2) is 0 Å². The molecular formula is C11H15N5. The van der Waals surface area contributed by atoms with E-state index in [0.717, 1.165) is 24.2 Å². The molecule has 0 radical (unpaired) electrons. The van der Waals surface area contributed by atoms with Gasteiger partial charge in [-0.15, -0.1) is 0 Å². The standard InChI is InChI=1S/C11H15N5/c1-8-11(12)7-16(14-8)10-5-9(6-10)15-4-2-3-13-15/h2-4,7,9-10H,5-6,12H2,1H3/t9-,10+. The zero-order valence-electron chi connectivity index (χ0n) is 9.24. The number of hydrogen-bond donors (Lipinski definition) is 1. The van der Waals surface area contributed by atoms with Gasteiger partial charge >= 0.3 is 0 Å². The maximum atomic E-state index is 5.79. The van der Waals surface area contributed by atoms with Crippen molar-refractivity contribution < 1.29 is 0 Å². The molecule has 1 aliphatic carbocycles. The van der Waals surface area contributed by atoms with Crippen LogP contribution in [-0.4, -0.2) is 19.6 Å². The number of nitrogens with two attached hydrogens (primary N) is 1. The second-order valence-corrected chi connectivity index (χ2v) is 4.41. The number of anilines is 1. The van der Waals surface area contributed by atoms with Gasteiger partial charge in [-0.1, -0.05) is 0 Å². The number of nitrogens with zero attached hydrogens (tertiary/aromatic N) is 4. The van der Waals surface area contributed by atoms with Gasteiger partial charge in [0, 0.05) is 18.6 Å². The van der Waals surface area contributed by atoms with Gasteiger partial charge in [0.05, 0.1) is 23.5 Å². The van der Waals surface area contributed by atoms with Crippen molar-refractivity contribution in [2.75, 3.05) is 5.73 Å². The van der Waals surface area contributed by atoms with Crippen molar-refractivity contribution in [3.63, 3.8) is 0 Å². The molecule has 5 heteroatoms. The lowest BCUT2D eigenvalue weighted by Crippen LogP contribution is -2.29. The quantitative estimate of drug-likeness (QED) is 0.830. The van der Waals surface area contributed by atoms with Crippen LogP contribution in [0.2, 0.25) is 0 Å². The van der Waals surface area contributed by atoms with Crippen LogP contribution in [0.3, 0.4) is 0 Å². The van der Waals surface area contributed by atoms with E-state index in [1.54, 1.807) is 0 Å². The van der Waals surface area contributed by atoms with Gasteiger partial charge in [0.1, 0.15) is 0 Å². The van der Waals surface area contributed by atoms with Gasteiger partial charge in [-0.2, -0.15) is 10.2 Å². The van der Waals surface area contributed by atoms with Crippen LogP contribution in [0.15, 0.2) is 24.7 Å². The Hall–Kier alpha value is -1.78. The lowest BCUT2D eigenvalue weighted by molar-refractivity contribution is 0.175. The van der Waals surface area contributed by atoms with Crippen molar-refractivity contribution in [1.29, 1.82) is 0 Å². The Labute approximate surface area is 93.9 Å². The third kappa shape index (κ3) is 1.39. The average Bonchev–Trinajstić information content (AvgIpc) is 2.76. The van der Waals surface area contributed by atoms with Crippen LogP contribution in [0.25, 0.3) is 0 Å². The summed E-state index contributed by atoms with van der Waals surface area (Å²) in [5, 5.41) is 8.66.